The molecule has 24 heavy (non-hydrogen) atoms. The molecule has 0 atom stereocenters. The molecule has 5 nitrogen and oxygen atoms in total. The van der Waals surface area contributed by atoms with Crippen molar-refractivity contribution < 1.29 is 4.79 Å². The normalized spacial score (nSPS) is 16.4. The Bertz CT molecular complexity index is 519. The van der Waals surface area contributed by atoms with E-state index in [-0.39, 0.29) is 11.7 Å². The van der Waals surface area contributed by atoms with Gasteiger partial charge in [-0.25, -0.2) is 9.97 Å². The van der Waals surface area contributed by atoms with Crippen molar-refractivity contribution in [3.63, 3.8) is 0 Å². The van der Waals surface area contributed by atoms with Crippen molar-refractivity contribution in [3.05, 3.63) is 18.0 Å². The van der Waals surface area contributed by atoms with Crippen LogP contribution in [-0.4, -0.2) is 47.3 Å². The molecule has 0 amide bonds. The average Bonchev–Trinajstić information content (AvgIpc) is 2.55. The molecule has 0 unspecified atom stereocenters. The molecule has 1 fully saturated rings. The van der Waals surface area contributed by atoms with Crippen molar-refractivity contribution in [2.24, 2.45) is 17.8 Å². The van der Waals surface area contributed by atoms with E-state index in [9.17, 15) is 4.79 Å². The van der Waals surface area contributed by atoms with Gasteiger partial charge in [-0.15, -0.1) is 0 Å². The highest BCUT2D eigenvalue weighted by Gasteiger charge is 2.22. The van der Waals surface area contributed by atoms with Crippen LogP contribution in [-0.2, 0) is 11.3 Å². The predicted molar refractivity (Wildman–Crippen MR) is 98.0 cm³/mol. The summed E-state index contributed by atoms with van der Waals surface area (Å²) in [6.07, 6.45) is 6.24. The maximum atomic E-state index is 11.8. The Morgan fingerprint density at radius 3 is 2.29 bits per heavy atom. The van der Waals surface area contributed by atoms with Gasteiger partial charge < -0.3 is 4.90 Å². The fourth-order valence-electron chi connectivity index (χ4n) is 3.18. The van der Waals surface area contributed by atoms with E-state index in [2.05, 4.69) is 28.7 Å². The van der Waals surface area contributed by atoms with E-state index in [0.717, 1.165) is 36.4 Å². The number of Topliss-reactive ketones (excluding diaryl/α,β-unsaturated/α-hetero) is 1. The zero-order chi connectivity index (χ0) is 17.7. The third-order valence-electron chi connectivity index (χ3n) is 4.98. The number of aromatic nitrogens is 2. The van der Waals surface area contributed by atoms with Crippen LogP contribution in [0, 0.1) is 17.8 Å². The highest BCUT2D eigenvalue weighted by Crippen LogP contribution is 2.26. The molecular weight excluding hydrogens is 300 g/mol. The Morgan fingerprint density at radius 2 is 1.79 bits per heavy atom. The van der Waals surface area contributed by atoms with Gasteiger partial charge in [0, 0.05) is 43.5 Å². The number of hydrogen-bond acceptors (Lipinski definition) is 5. The second-order valence-corrected chi connectivity index (χ2v) is 7.75. The zero-order valence-electron chi connectivity index (χ0n) is 15.8. The minimum absolute atomic E-state index is 0.0832. The van der Waals surface area contributed by atoms with Gasteiger partial charge in [-0.3, -0.25) is 9.69 Å². The van der Waals surface area contributed by atoms with Crippen LogP contribution in [0.1, 0.15) is 46.1 Å². The Balaban J connectivity index is 1.86. The van der Waals surface area contributed by atoms with E-state index < -0.39 is 0 Å². The summed E-state index contributed by atoms with van der Waals surface area (Å²) >= 11 is 0. The lowest BCUT2D eigenvalue weighted by Crippen LogP contribution is -2.36. The lowest BCUT2D eigenvalue weighted by atomic mass is 9.87. The van der Waals surface area contributed by atoms with E-state index in [1.807, 2.05) is 38.2 Å². The van der Waals surface area contributed by atoms with Crippen LogP contribution in [0.2, 0.25) is 0 Å². The average molecular weight is 332 g/mol. The molecule has 1 aromatic heterocycles. The van der Waals surface area contributed by atoms with Crippen molar-refractivity contribution in [2.75, 3.05) is 31.6 Å². The minimum Gasteiger partial charge on any atom is -0.341 e. The third kappa shape index (κ3) is 5.26. The van der Waals surface area contributed by atoms with Crippen LogP contribution in [0.3, 0.4) is 0 Å². The number of rotatable bonds is 7. The summed E-state index contributed by atoms with van der Waals surface area (Å²) in [7, 11) is 1.96. The summed E-state index contributed by atoms with van der Waals surface area (Å²) in [6, 6.07) is 0. The standard InChI is InChI=1S/C19H32N4O/c1-14(2)17-6-8-23(9-7-17)19-20-10-16(11-21-19)12-22(5)13-18(24)15(3)4/h10-11,14-15,17H,6-9,12-13H2,1-5H3. The lowest BCUT2D eigenvalue weighted by Gasteiger charge is -2.33. The molecule has 0 bridgehead atoms. The number of anilines is 1. The van der Waals surface area contributed by atoms with Crippen molar-refractivity contribution in [3.8, 4) is 0 Å². The Kier molecular flexibility index (Phi) is 6.72. The van der Waals surface area contributed by atoms with Crippen molar-refractivity contribution in [1.82, 2.24) is 14.9 Å². The summed E-state index contributed by atoms with van der Waals surface area (Å²) in [5.41, 5.74) is 1.05. The van der Waals surface area contributed by atoms with Crippen LogP contribution in [0.4, 0.5) is 5.95 Å². The van der Waals surface area contributed by atoms with Crippen LogP contribution in [0.25, 0.3) is 0 Å². The molecule has 0 saturated carbocycles. The molecule has 0 radical (unpaired) electrons. The van der Waals surface area contributed by atoms with E-state index in [4.69, 9.17) is 0 Å². The molecule has 2 rings (SSSR count). The lowest BCUT2D eigenvalue weighted by molar-refractivity contribution is -0.122. The summed E-state index contributed by atoms with van der Waals surface area (Å²) in [5, 5.41) is 0. The molecule has 134 valence electrons. The number of ketones is 1. The number of hydrogen-bond donors (Lipinski definition) is 0. The Labute approximate surface area is 146 Å². The molecule has 0 spiro atoms. The first-order chi connectivity index (χ1) is 11.4. The first-order valence-electron chi connectivity index (χ1n) is 9.14. The fraction of sp³-hybridized carbons (Fsp3) is 0.737. The first-order valence-corrected chi connectivity index (χ1v) is 9.14. The SMILES string of the molecule is CC(C)C(=O)CN(C)Cc1cnc(N2CCC(C(C)C)CC2)nc1. The van der Waals surface area contributed by atoms with Gasteiger partial charge in [-0.05, 0) is 31.7 Å². The van der Waals surface area contributed by atoms with Gasteiger partial charge in [0.1, 0.15) is 5.78 Å². The Morgan fingerprint density at radius 1 is 1.21 bits per heavy atom. The van der Waals surface area contributed by atoms with Crippen LogP contribution in [0.5, 0.6) is 0 Å². The van der Waals surface area contributed by atoms with Crippen molar-refractivity contribution >= 4 is 11.7 Å². The smallest absolute Gasteiger partial charge is 0.225 e. The second-order valence-electron chi connectivity index (χ2n) is 7.75. The van der Waals surface area contributed by atoms with Crippen LogP contribution < -0.4 is 4.90 Å². The first kappa shape index (κ1) is 18.8. The summed E-state index contributed by atoms with van der Waals surface area (Å²) in [6.45, 7) is 11.8. The Hall–Kier alpha value is -1.49. The van der Waals surface area contributed by atoms with E-state index >= 15 is 0 Å². The van der Waals surface area contributed by atoms with E-state index in [0.29, 0.717) is 13.1 Å². The highest BCUT2D eigenvalue weighted by molar-refractivity contribution is 5.82. The topological polar surface area (TPSA) is 49.3 Å². The molecule has 1 aliphatic heterocycles. The summed E-state index contributed by atoms with van der Waals surface area (Å²) in [5.74, 6) is 2.77. The molecule has 5 heteroatoms. The second kappa shape index (κ2) is 8.56. The number of piperidine rings is 1. The zero-order valence-corrected chi connectivity index (χ0v) is 15.8. The maximum Gasteiger partial charge on any atom is 0.225 e. The van der Waals surface area contributed by atoms with Gasteiger partial charge in [0.15, 0.2) is 0 Å². The van der Waals surface area contributed by atoms with Crippen molar-refractivity contribution in [1.29, 1.82) is 0 Å². The number of likely N-dealkylation sites (N-methyl/N-ethyl adjacent to an activating group) is 1. The van der Waals surface area contributed by atoms with Gasteiger partial charge in [0.05, 0.1) is 6.54 Å². The summed E-state index contributed by atoms with van der Waals surface area (Å²) < 4.78 is 0. The van der Waals surface area contributed by atoms with Crippen LogP contribution >= 0.6 is 0 Å². The van der Waals surface area contributed by atoms with E-state index in [1.165, 1.54) is 12.8 Å². The van der Waals surface area contributed by atoms with Gasteiger partial charge in [-0.2, -0.15) is 0 Å². The molecule has 0 aromatic carbocycles. The van der Waals surface area contributed by atoms with Gasteiger partial charge >= 0.3 is 0 Å². The number of carbonyl (C=O) groups is 1. The highest BCUT2D eigenvalue weighted by atomic mass is 16.1. The summed E-state index contributed by atoms with van der Waals surface area (Å²) in [4.78, 5) is 25.2. The minimum atomic E-state index is 0.0832. The fourth-order valence-corrected chi connectivity index (χ4v) is 3.18. The maximum absolute atomic E-state index is 11.8. The molecule has 0 aliphatic carbocycles. The van der Waals surface area contributed by atoms with Gasteiger partial charge in [0.2, 0.25) is 5.95 Å². The van der Waals surface area contributed by atoms with Gasteiger partial charge in [-0.1, -0.05) is 27.7 Å². The molecule has 1 saturated heterocycles. The predicted octanol–water partition coefficient (Wildman–Crippen LogP) is 3.01. The molecule has 1 aromatic rings. The molecular formula is C19H32N4O. The molecule has 2 heterocycles. The molecule has 1 aliphatic rings. The largest absolute Gasteiger partial charge is 0.341 e. The van der Waals surface area contributed by atoms with E-state index in [1.54, 1.807) is 0 Å². The number of nitrogens with zero attached hydrogens (tertiary/aromatic N) is 4. The number of carbonyl (C=O) groups excluding carboxylic acids is 1. The monoisotopic (exact) mass is 332 g/mol. The van der Waals surface area contributed by atoms with Crippen molar-refractivity contribution in [2.45, 2.75) is 47.1 Å². The van der Waals surface area contributed by atoms with Crippen LogP contribution in [0.15, 0.2) is 12.4 Å². The quantitative estimate of drug-likeness (QED) is 0.768. The molecule has 0 N–H and O–H groups in total. The van der Waals surface area contributed by atoms with Gasteiger partial charge in [0.25, 0.3) is 0 Å². The third-order valence-corrected chi connectivity index (χ3v) is 4.98.